The van der Waals surface area contributed by atoms with Crippen LogP contribution in [0.4, 0.5) is 4.39 Å². The Morgan fingerprint density at radius 2 is 2.26 bits per heavy atom. The van der Waals surface area contributed by atoms with E-state index in [0.717, 1.165) is 0 Å². The lowest BCUT2D eigenvalue weighted by molar-refractivity contribution is -0.118. The molecule has 0 aliphatic heterocycles. The zero-order chi connectivity index (χ0) is 19.2. The molecule has 7 nitrogen and oxygen atoms in total. The maximum absolute atomic E-state index is 13.1. The average molecular weight is 411 g/mol. The summed E-state index contributed by atoms with van der Waals surface area (Å²) in [5.41, 5.74) is 0. The quantitative estimate of drug-likeness (QED) is 0.574. The van der Waals surface area contributed by atoms with Gasteiger partial charge in [0.25, 0.3) is 0 Å². The molecule has 0 saturated heterocycles. The van der Waals surface area contributed by atoms with Crippen molar-refractivity contribution in [3.63, 3.8) is 0 Å². The highest BCUT2D eigenvalue weighted by Crippen LogP contribution is 2.26. The van der Waals surface area contributed by atoms with Crippen molar-refractivity contribution in [2.75, 3.05) is 5.75 Å². The van der Waals surface area contributed by atoms with E-state index in [4.69, 9.17) is 20.8 Å². The predicted octanol–water partition coefficient (Wildman–Crippen LogP) is 3.19. The summed E-state index contributed by atoms with van der Waals surface area (Å²) in [6.45, 7) is 0.447. The van der Waals surface area contributed by atoms with Gasteiger partial charge in [-0.15, -0.1) is 10.2 Å². The summed E-state index contributed by atoms with van der Waals surface area (Å²) in [4.78, 5) is 11.9. The first-order valence-corrected chi connectivity index (χ1v) is 9.27. The topological polar surface area (TPSA) is 82.2 Å². The van der Waals surface area contributed by atoms with Gasteiger partial charge in [0.2, 0.25) is 5.91 Å². The van der Waals surface area contributed by atoms with Gasteiger partial charge in [-0.05, 0) is 30.3 Å². The lowest BCUT2D eigenvalue weighted by Gasteiger charge is -2.08. The number of hydrogen-bond acceptors (Lipinski definition) is 6. The molecule has 1 aromatic carbocycles. The minimum atomic E-state index is -0.435. The number of hydrogen-bond donors (Lipinski definition) is 1. The third kappa shape index (κ3) is 5.24. The number of halogens is 2. The Kier molecular flexibility index (Phi) is 6.36. The molecule has 0 radical (unpaired) electrons. The number of ether oxygens (including phenoxy) is 1. The fourth-order valence-electron chi connectivity index (χ4n) is 2.11. The number of carbonyl (C=O) groups excluding carboxylic acids is 1. The molecular weight excluding hydrogens is 395 g/mol. The highest BCUT2D eigenvalue weighted by atomic mass is 35.5. The summed E-state index contributed by atoms with van der Waals surface area (Å²) in [6, 6.07) is 7.44. The van der Waals surface area contributed by atoms with Gasteiger partial charge in [0.05, 0.1) is 23.6 Å². The molecule has 0 spiro atoms. The molecule has 0 bridgehead atoms. The molecule has 3 rings (SSSR count). The summed E-state index contributed by atoms with van der Waals surface area (Å²) < 4.78 is 25.5. The smallest absolute Gasteiger partial charge is 0.230 e. The number of amides is 1. The normalized spacial score (nSPS) is 10.8. The van der Waals surface area contributed by atoms with Gasteiger partial charge in [0.15, 0.2) is 11.0 Å². The molecule has 0 saturated carbocycles. The van der Waals surface area contributed by atoms with E-state index in [1.165, 1.54) is 30.0 Å². The first-order chi connectivity index (χ1) is 13.0. The highest BCUT2D eigenvalue weighted by Gasteiger charge is 2.13. The van der Waals surface area contributed by atoms with Crippen molar-refractivity contribution >= 4 is 29.3 Å². The van der Waals surface area contributed by atoms with Crippen molar-refractivity contribution in [1.29, 1.82) is 0 Å². The second kappa shape index (κ2) is 8.92. The lowest BCUT2D eigenvalue weighted by Crippen LogP contribution is -2.24. The Morgan fingerprint density at radius 1 is 1.41 bits per heavy atom. The third-order valence-corrected chi connectivity index (χ3v) is 4.86. The van der Waals surface area contributed by atoms with Crippen LogP contribution >= 0.6 is 23.4 Å². The second-order valence-electron chi connectivity index (χ2n) is 5.47. The lowest BCUT2D eigenvalue weighted by atomic mass is 10.3. The van der Waals surface area contributed by atoms with E-state index >= 15 is 0 Å². The molecule has 142 valence electrons. The molecule has 0 atom stereocenters. The van der Waals surface area contributed by atoms with Gasteiger partial charge in [-0.25, -0.2) is 4.39 Å². The first-order valence-electron chi connectivity index (χ1n) is 7.91. The summed E-state index contributed by atoms with van der Waals surface area (Å²) in [6.07, 6.45) is 1.55. The summed E-state index contributed by atoms with van der Waals surface area (Å²) in [7, 11) is 1.77. The number of aromatic nitrogens is 3. The number of carbonyl (C=O) groups is 1. The van der Waals surface area contributed by atoms with Gasteiger partial charge in [0, 0.05) is 7.05 Å². The first kappa shape index (κ1) is 19.2. The van der Waals surface area contributed by atoms with Gasteiger partial charge < -0.3 is 19.0 Å². The summed E-state index contributed by atoms with van der Waals surface area (Å²) >= 11 is 7.18. The van der Waals surface area contributed by atoms with E-state index in [1.807, 2.05) is 0 Å². The van der Waals surface area contributed by atoms with Crippen LogP contribution in [0.5, 0.6) is 5.75 Å². The van der Waals surface area contributed by atoms with E-state index in [1.54, 1.807) is 30.0 Å². The van der Waals surface area contributed by atoms with E-state index < -0.39 is 5.82 Å². The van der Waals surface area contributed by atoms with Crippen LogP contribution in [-0.4, -0.2) is 26.4 Å². The molecular formula is C17H16ClFN4O3S. The van der Waals surface area contributed by atoms with Crippen molar-refractivity contribution < 1.29 is 18.3 Å². The standard InChI is InChI=1S/C17H16ClFN4O3S/c1-23-15(9-26-14-5-4-11(19)7-13(14)18)21-22-17(23)27-10-16(24)20-8-12-3-2-6-25-12/h2-7H,8-10H2,1H3,(H,20,24). The van der Waals surface area contributed by atoms with Crippen LogP contribution < -0.4 is 10.1 Å². The fourth-order valence-corrected chi connectivity index (χ4v) is 3.09. The van der Waals surface area contributed by atoms with E-state index in [9.17, 15) is 9.18 Å². The molecule has 1 N–H and O–H groups in total. The largest absolute Gasteiger partial charge is 0.484 e. The van der Waals surface area contributed by atoms with Crippen molar-refractivity contribution in [3.05, 3.63) is 59.0 Å². The Bertz CT molecular complexity index is 917. The zero-order valence-corrected chi connectivity index (χ0v) is 15.9. The predicted molar refractivity (Wildman–Crippen MR) is 98.0 cm³/mol. The number of benzene rings is 1. The van der Waals surface area contributed by atoms with Gasteiger partial charge in [-0.3, -0.25) is 4.79 Å². The molecule has 0 aliphatic rings. The van der Waals surface area contributed by atoms with Crippen LogP contribution in [0.15, 0.2) is 46.2 Å². The zero-order valence-electron chi connectivity index (χ0n) is 14.3. The van der Waals surface area contributed by atoms with Crippen LogP contribution in [0.25, 0.3) is 0 Å². The fraction of sp³-hybridized carbons (Fsp3) is 0.235. The molecule has 10 heteroatoms. The molecule has 27 heavy (non-hydrogen) atoms. The van der Waals surface area contributed by atoms with Crippen LogP contribution in [-0.2, 0) is 25.0 Å². The molecule has 2 aromatic heterocycles. The third-order valence-electron chi connectivity index (χ3n) is 3.55. The summed E-state index contributed by atoms with van der Waals surface area (Å²) in [5.74, 6) is 1.20. The maximum atomic E-state index is 13.1. The minimum absolute atomic E-state index is 0.111. The van der Waals surface area contributed by atoms with Gasteiger partial charge in [-0.1, -0.05) is 23.4 Å². The Morgan fingerprint density at radius 3 is 3.00 bits per heavy atom. The van der Waals surface area contributed by atoms with Crippen molar-refractivity contribution in [2.45, 2.75) is 18.3 Å². The van der Waals surface area contributed by atoms with Crippen molar-refractivity contribution in [3.8, 4) is 5.75 Å². The molecule has 0 unspecified atom stereocenters. The van der Waals surface area contributed by atoms with Crippen LogP contribution in [0.1, 0.15) is 11.6 Å². The van der Waals surface area contributed by atoms with Crippen molar-refractivity contribution in [2.24, 2.45) is 7.05 Å². The van der Waals surface area contributed by atoms with E-state index in [2.05, 4.69) is 15.5 Å². The summed E-state index contributed by atoms with van der Waals surface area (Å²) in [5, 5.41) is 11.6. The van der Waals surface area contributed by atoms with Crippen LogP contribution in [0, 0.1) is 5.82 Å². The second-order valence-corrected chi connectivity index (χ2v) is 6.82. The molecule has 0 aliphatic carbocycles. The van der Waals surface area contributed by atoms with Crippen LogP contribution in [0.3, 0.4) is 0 Å². The SMILES string of the molecule is Cn1c(COc2ccc(F)cc2Cl)nnc1SCC(=O)NCc1ccco1. The van der Waals surface area contributed by atoms with E-state index in [-0.39, 0.29) is 23.3 Å². The number of nitrogens with one attached hydrogen (secondary N) is 1. The average Bonchev–Trinajstić information content (AvgIpc) is 3.28. The van der Waals surface area contributed by atoms with Gasteiger partial charge in [-0.2, -0.15) is 0 Å². The monoisotopic (exact) mass is 410 g/mol. The van der Waals surface area contributed by atoms with E-state index in [0.29, 0.717) is 29.0 Å². The molecule has 1 amide bonds. The van der Waals surface area contributed by atoms with Crippen LogP contribution in [0.2, 0.25) is 5.02 Å². The number of thioether (sulfide) groups is 1. The minimum Gasteiger partial charge on any atom is -0.484 e. The molecule has 3 aromatic rings. The number of rotatable bonds is 8. The molecule has 0 fully saturated rings. The van der Waals surface area contributed by atoms with Gasteiger partial charge >= 0.3 is 0 Å². The Balaban J connectivity index is 1.50. The van der Waals surface area contributed by atoms with Gasteiger partial charge in [0.1, 0.15) is 23.9 Å². The number of nitrogens with zero attached hydrogens (tertiary/aromatic N) is 3. The Hall–Kier alpha value is -2.52. The highest BCUT2D eigenvalue weighted by molar-refractivity contribution is 7.99. The Labute approximate surface area is 163 Å². The van der Waals surface area contributed by atoms with Crippen molar-refractivity contribution in [1.82, 2.24) is 20.1 Å². The maximum Gasteiger partial charge on any atom is 0.230 e. The molecule has 2 heterocycles. The number of furan rings is 1.